The lowest BCUT2D eigenvalue weighted by Crippen LogP contribution is -2.26. The maximum Gasteiger partial charge on any atom is 0.316 e. The van der Waals surface area contributed by atoms with E-state index in [9.17, 15) is 19.2 Å². The summed E-state index contributed by atoms with van der Waals surface area (Å²) in [6.45, 7) is 9.97. The fourth-order valence-corrected chi connectivity index (χ4v) is 20.6. The molecule has 8 aromatic carbocycles. The van der Waals surface area contributed by atoms with Crippen molar-refractivity contribution in [3.05, 3.63) is 428 Å². The summed E-state index contributed by atoms with van der Waals surface area (Å²) < 4.78 is 16.4. The molecule has 32 heteroatoms. The van der Waals surface area contributed by atoms with Crippen LogP contribution in [0.4, 0.5) is 23.3 Å². The summed E-state index contributed by atoms with van der Waals surface area (Å²) in [5.41, 5.74) is 23.1. The van der Waals surface area contributed by atoms with Crippen molar-refractivity contribution in [3.63, 3.8) is 0 Å². The number of pyridine rings is 9. The minimum Gasteiger partial charge on any atom is -0.467 e. The topological polar surface area (TPSA) is 339 Å². The van der Waals surface area contributed by atoms with E-state index in [1.54, 1.807) is 138 Å². The molecule has 0 unspecified atom stereocenters. The van der Waals surface area contributed by atoms with E-state index in [0.717, 1.165) is 152 Å². The zero-order chi connectivity index (χ0) is 97.6. The number of methoxy groups -OCH3 is 1. The number of thiazole rings is 4. The summed E-state index contributed by atoms with van der Waals surface area (Å²) >= 11 is 6.29. The number of nitrogens with one attached hydrogen (secondary N) is 4. The minimum absolute atomic E-state index is 0.0726. The van der Waals surface area contributed by atoms with Crippen molar-refractivity contribution >= 4 is 153 Å². The summed E-state index contributed by atoms with van der Waals surface area (Å²) in [4.78, 5) is 122. The quantitative estimate of drug-likeness (QED) is 0.0519. The summed E-state index contributed by atoms with van der Waals surface area (Å²) in [5.74, 6) is 3.46. The number of anilines is 4. The van der Waals surface area contributed by atoms with Crippen LogP contribution in [0.3, 0.4) is 0 Å². The van der Waals surface area contributed by atoms with Crippen LogP contribution in [0.15, 0.2) is 377 Å². The van der Waals surface area contributed by atoms with E-state index in [0.29, 0.717) is 50.6 Å². The molecular weight excluding hydrogens is 1860 g/mol. The Labute approximate surface area is 832 Å². The molecule has 0 spiro atoms. The molecule has 0 aliphatic carbocycles. The highest BCUT2D eigenvalue weighted by molar-refractivity contribution is 7.17. The van der Waals surface area contributed by atoms with Crippen molar-refractivity contribution in [2.24, 2.45) is 0 Å². The van der Waals surface area contributed by atoms with E-state index in [1.165, 1.54) is 13.4 Å². The van der Waals surface area contributed by atoms with Gasteiger partial charge in [-0.05, 0) is 182 Å². The molecule has 698 valence electrons. The number of benzene rings is 8. The Balaban J connectivity index is 0.000000113. The Morgan fingerprint density at radius 1 is 0.280 bits per heavy atom. The van der Waals surface area contributed by atoms with Crippen LogP contribution in [-0.2, 0) is 0 Å². The van der Waals surface area contributed by atoms with Crippen molar-refractivity contribution in [3.8, 4) is 73.3 Å². The molecular formula is C111H85N23O5S4. The van der Waals surface area contributed by atoms with Gasteiger partial charge in [-0.25, -0.2) is 69.8 Å². The Kier molecular flexibility index (Phi) is 26.0. The van der Waals surface area contributed by atoms with Crippen molar-refractivity contribution < 1.29 is 4.74 Å². The first-order chi connectivity index (χ1) is 70.1. The molecule has 0 bridgehead atoms. The molecule has 0 aliphatic heterocycles. The molecule has 4 N–H and O–H groups in total. The van der Waals surface area contributed by atoms with E-state index >= 15 is 0 Å². The average molecular weight is 1950 g/mol. The van der Waals surface area contributed by atoms with Crippen LogP contribution in [0.5, 0.6) is 6.01 Å². The summed E-state index contributed by atoms with van der Waals surface area (Å²) in [6.07, 6.45) is 22.4. The Morgan fingerprint density at radius 3 is 0.846 bits per heavy atom. The van der Waals surface area contributed by atoms with Crippen molar-refractivity contribution in [1.29, 1.82) is 0 Å². The summed E-state index contributed by atoms with van der Waals surface area (Å²) in [5, 5.41) is 19.9. The van der Waals surface area contributed by atoms with Crippen LogP contribution in [0, 0.1) is 6.92 Å². The summed E-state index contributed by atoms with van der Waals surface area (Å²) in [7, 11) is 1.52. The maximum absolute atomic E-state index is 14.2. The molecule has 0 amide bonds. The number of aromatic nitrogens is 19. The molecule has 0 radical (unpaired) electrons. The molecule has 0 fully saturated rings. The third kappa shape index (κ3) is 18.5. The highest BCUT2D eigenvalue weighted by Crippen LogP contribution is 2.39. The van der Waals surface area contributed by atoms with E-state index in [2.05, 4.69) is 120 Å². The van der Waals surface area contributed by atoms with Crippen LogP contribution in [0.1, 0.15) is 80.5 Å². The van der Waals surface area contributed by atoms with Crippen molar-refractivity contribution in [2.45, 2.75) is 58.8 Å². The first-order valence-corrected chi connectivity index (χ1v) is 49.2. The predicted octanol–water partition coefficient (Wildman–Crippen LogP) is 23.4. The number of nitrogens with zero attached hydrogens (tertiary/aromatic N) is 19. The van der Waals surface area contributed by atoms with Crippen molar-refractivity contribution in [2.75, 3.05) is 28.4 Å². The molecule has 0 saturated heterocycles. The number of hydrogen-bond donors (Lipinski definition) is 4. The highest BCUT2D eigenvalue weighted by Gasteiger charge is 2.27. The number of hydrogen-bond acceptors (Lipinski definition) is 28. The van der Waals surface area contributed by atoms with E-state index in [4.69, 9.17) is 4.74 Å². The van der Waals surface area contributed by atoms with E-state index < -0.39 is 0 Å². The lowest BCUT2D eigenvalue weighted by Gasteiger charge is -2.22. The van der Waals surface area contributed by atoms with E-state index in [1.807, 2.05) is 287 Å². The molecule has 143 heavy (non-hydrogen) atoms. The van der Waals surface area contributed by atoms with E-state index in [-0.39, 0.29) is 52.4 Å². The van der Waals surface area contributed by atoms with Crippen LogP contribution >= 0.6 is 45.3 Å². The number of fused-ring (bicyclic) bond motifs is 8. The fraction of sp³-hybridized carbons (Fsp3) is 0.0901. The van der Waals surface area contributed by atoms with Crippen LogP contribution in [0.25, 0.3) is 151 Å². The lowest BCUT2D eigenvalue weighted by molar-refractivity contribution is 0.380. The fourth-order valence-electron chi connectivity index (χ4n) is 17.9. The van der Waals surface area contributed by atoms with Gasteiger partial charge in [-0.3, -0.25) is 42.4 Å². The van der Waals surface area contributed by atoms with Crippen LogP contribution in [0.2, 0.25) is 0 Å². The van der Waals surface area contributed by atoms with Gasteiger partial charge in [0, 0.05) is 142 Å². The van der Waals surface area contributed by atoms with Crippen LogP contribution in [-0.4, -0.2) is 100 Å². The van der Waals surface area contributed by atoms with Gasteiger partial charge in [0.25, 0.3) is 22.2 Å². The largest absolute Gasteiger partial charge is 0.467 e. The second kappa shape index (κ2) is 40.7. The first kappa shape index (κ1) is 91.6. The lowest BCUT2D eigenvalue weighted by atomic mass is 9.99. The van der Waals surface area contributed by atoms with Crippen LogP contribution < -0.4 is 48.2 Å². The first-order valence-electron chi connectivity index (χ1n) is 45.7. The Bertz CT molecular complexity index is 8800. The monoisotopic (exact) mass is 1950 g/mol. The number of ether oxygens (including phenoxy) is 1. The molecule has 24 rings (SSSR count). The number of rotatable bonds is 21. The number of aryl methyl sites for hydroxylation is 1. The third-order valence-corrected chi connectivity index (χ3v) is 27.8. The predicted molar refractivity (Wildman–Crippen MR) is 574 cm³/mol. The van der Waals surface area contributed by atoms with Gasteiger partial charge in [-0.15, -0.1) is 45.3 Å². The minimum atomic E-state index is -0.245. The van der Waals surface area contributed by atoms with Crippen molar-refractivity contribution in [1.82, 2.24) is 93.0 Å². The van der Waals surface area contributed by atoms with Gasteiger partial charge in [-0.2, -0.15) is 0 Å². The molecule has 16 heterocycles. The van der Waals surface area contributed by atoms with Gasteiger partial charge in [-0.1, -0.05) is 152 Å². The Hall–Kier alpha value is -17.9. The smallest absolute Gasteiger partial charge is 0.316 e. The normalized spacial score (nSPS) is 12.1. The second-order valence-electron chi connectivity index (χ2n) is 33.5. The molecule has 4 atom stereocenters. The van der Waals surface area contributed by atoms with Gasteiger partial charge in [0.2, 0.25) is 0 Å². The zero-order valence-corrected chi connectivity index (χ0v) is 80.8. The molecule has 24 aromatic rings. The molecule has 0 aliphatic rings. The average Bonchev–Trinajstić information content (AvgIpc) is 1.51. The van der Waals surface area contributed by atoms with Gasteiger partial charge in [0.1, 0.15) is 34.2 Å². The van der Waals surface area contributed by atoms with Gasteiger partial charge < -0.3 is 26.0 Å². The highest BCUT2D eigenvalue weighted by atomic mass is 32.1. The molecule has 16 aromatic heterocycles. The molecule has 0 saturated carbocycles. The zero-order valence-electron chi connectivity index (χ0n) is 77.5. The second-order valence-corrected chi connectivity index (χ2v) is 37.1. The third-order valence-electron chi connectivity index (χ3n) is 24.6. The van der Waals surface area contributed by atoms with Gasteiger partial charge in [0.15, 0.2) is 23.3 Å². The maximum atomic E-state index is 14.2. The standard InChI is InChI=1S/C28H22N6O2S.C28H22N6OS.C28H21N5OS.C27H20N6OS/c1-17(33-26-25-23(11-12-29-26)37-16-32-25)22-13-18-7-6-10-21(19-14-30-28(36-2)31-15-19)24(18)27(35)34(22)20-8-4-3-5-9-20;1-17(33-27-26-24(11-12-29-27)36-16-32-26)23-13-19-7-6-10-22(20-14-30-18(2)31-15-20)25(19)28(35)34(23)21-8-4-3-5-9-21;1-18(32-27-26-24(12-14-30-27)35-17-31-26)23-15-19-7-5-11-22(20-8-6-13-29-16-20)25(19)28(34)33(23)21-9-3-2-4-10-21;1-17(32-26-25-23(10-11-30-26)35-16-31-25)22-12-18-6-5-9-21(19-13-28-15-29-14-19)24(18)27(34)33(22)20-7-3-2-4-8-20/h3-17H,1-2H3,(H,29,33);3-17H,1-2H3,(H,29,33);2-18H,1H3,(H,30,32);2-17H,1H3,(H,30,32)/t2*17-;18-;17-/m0000/s1. The molecule has 28 nitrogen and oxygen atoms in total. The van der Waals surface area contributed by atoms with Gasteiger partial charge >= 0.3 is 6.01 Å². The number of para-hydroxylation sites is 4. The SMILES string of the molecule is COc1ncc(-c2cccc3cc([C@H](C)Nc4nccc5scnc45)n(-c4ccccc4)c(=O)c23)cn1.C[C@H](Nc1nccc2scnc12)c1cc2cccc(-c3cccnc3)c2c(=O)n1-c1ccccc1.C[C@H](Nc1nccc2scnc12)c1cc2cccc(-c3cncnc3)c2c(=O)n1-c1ccccc1.Cc1ncc(-c2cccc3cc([C@H](C)Nc4nccc5scnc45)n(-c4ccccc4)c(=O)c23)cn1. The van der Waals surface area contributed by atoms with Gasteiger partial charge in [0.05, 0.1) is 93.7 Å². The Morgan fingerprint density at radius 2 is 0.559 bits per heavy atom. The summed E-state index contributed by atoms with van der Waals surface area (Å²) in [6, 6.07) is 81.6.